The summed E-state index contributed by atoms with van der Waals surface area (Å²) in [6.07, 6.45) is 2.09. The van der Waals surface area contributed by atoms with E-state index < -0.39 is 0 Å². The average Bonchev–Trinajstić information content (AvgIpc) is 3.11. The molecule has 1 aromatic carbocycles. The van der Waals surface area contributed by atoms with Gasteiger partial charge in [-0.15, -0.1) is 11.3 Å². The first-order chi connectivity index (χ1) is 11.2. The fourth-order valence-electron chi connectivity index (χ4n) is 3.05. The van der Waals surface area contributed by atoms with Gasteiger partial charge in [0.1, 0.15) is 10.7 Å². The van der Waals surface area contributed by atoms with Gasteiger partial charge in [0.25, 0.3) is 5.91 Å². The molecule has 1 fully saturated rings. The Kier molecular flexibility index (Phi) is 5.08. The van der Waals surface area contributed by atoms with Crippen LogP contribution in [0.4, 0.5) is 0 Å². The van der Waals surface area contributed by atoms with Crippen LogP contribution in [-0.4, -0.2) is 53.4 Å². The van der Waals surface area contributed by atoms with E-state index in [0.29, 0.717) is 11.7 Å². The number of carbonyl (C=O) groups is 1. The lowest BCUT2D eigenvalue weighted by molar-refractivity contribution is 0.0642. The molecule has 0 saturated carbocycles. The molecule has 122 valence electrons. The number of benzene rings is 1. The van der Waals surface area contributed by atoms with Crippen LogP contribution in [-0.2, 0) is 0 Å². The first-order valence-corrected chi connectivity index (χ1v) is 9.07. The average molecular weight is 329 g/mol. The third-order valence-electron chi connectivity index (χ3n) is 4.62. The van der Waals surface area contributed by atoms with E-state index in [1.54, 1.807) is 0 Å². The van der Waals surface area contributed by atoms with Crippen LogP contribution in [0.2, 0.25) is 0 Å². The number of nitrogens with zero attached hydrogens (tertiary/aromatic N) is 3. The molecule has 1 aromatic heterocycles. The van der Waals surface area contributed by atoms with Crippen molar-refractivity contribution in [2.45, 2.75) is 25.8 Å². The van der Waals surface area contributed by atoms with Crippen LogP contribution in [0.1, 0.15) is 30.3 Å². The van der Waals surface area contributed by atoms with E-state index in [2.05, 4.69) is 16.8 Å². The molecule has 0 spiro atoms. The zero-order chi connectivity index (χ0) is 16.2. The van der Waals surface area contributed by atoms with Crippen LogP contribution in [0, 0.1) is 0 Å². The smallest absolute Gasteiger partial charge is 0.273 e. The maximum atomic E-state index is 12.7. The second-order valence-electron chi connectivity index (χ2n) is 5.99. The lowest BCUT2D eigenvalue weighted by Crippen LogP contribution is -2.45. The van der Waals surface area contributed by atoms with Crippen LogP contribution < -0.4 is 0 Å². The van der Waals surface area contributed by atoms with Crippen LogP contribution in [0.5, 0.6) is 0 Å². The van der Waals surface area contributed by atoms with Gasteiger partial charge in [-0.2, -0.15) is 0 Å². The second kappa shape index (κ2) is 7.23. The molecule has 0 N–H and O–H groups in total. The van der Waals surface area contributed by atoms with Gasteiger partial charge in [0, 0.05) is 37.1 Å². The molecule has 1 saturated heterocycles. The number of rotatable bonds is 4. The van der Waals surface area contributed by atoms with E-state index in [1.807, 2.05) is 47.7 Å². The summed E-state index contributed by atoms with van der Waals surface area (Å²) in [6.45, 7) is 5.43. The van der Waals surface area contributed by atoms with Gasteiger partial charge in [-0.3, -0.25) is 4.79 Å². The molecule has 1 aliphatic rings. The normalized spacial score (nSPS) is 16.4. The number of aromatic nitrogens is 1. The van der Waals surface area contributed by atoms with Crippen molar-refractivity contribution in [3.63, 3.8) is 0 Å². The standard InChI is InChI=1S/C18H23N3OS/c1-3-21-11-9-15(10-12-21)20(2)18(22)16-13-23-17(19-16)14-7-5-4-6-8-14/h4-8,13,15H,3,9-12H2,1-2H3. The Balaban J connectivity index is 1.67. The van der Waals surface area contributed by atoms with Crippen molar-refractivity contribution in [2.24, 2.45) is 0 Å². The van der Waals surface area contributed by atoms with E-state index in [0.717, 1.165) is 43.0 Å². The highest BCUT2D eigenvalue weighted by Gasteiger charge is 2.26. The lowest BCUT2D eigenvalue weighted by Gasteiger charge is -2.36. The van der Waals surface area contributed by atoms with Gasteiger partial charge in [0.15, 0.2) is 0 Å². The minimum Gasteiger partial charge on any atom is -0.337 e. The first-order valence-electron chi connectivity index (χ1n) is 8.19. The summed E-state index contributed by atoms with van der Waals surface area (Å²) in [7, 11) is 1.91. The zero-order valence-corrected chi connectivity index (χ0v) is 14.6. The van der Waals surface area contributed by atoms with E-state index >= 15 is 0 Å². The minimum absolute atomic E-state index is 0.0402. The van der Waals surface area contributed by atoms with Crippen molar-refractivity contribution < 1.29 is 4.79 Å². The molecule has 3 rings (SSSR count). The van der Waals surface area contributed by atoms with Gasteiger partial charge >= 0.3 is 0 Å². The lowest BCUT2D eigenvalue weighted by atomic mass is 10.0. The van der Waals surface area contributed by atoms with E-state index in [1.165, 1.54) is 11.3 Å². The molecule has 2 heterocycles. The van der Waals surface area contributed by atoms with Crippen LogP contribution in [0.3, 0.4) is 0 Å². The monoisotopic (exact) mass is 329 g/mol. The summed E-state index contributed by atoms with van der Waals surface area (Å²) in [6, 6.07) is 10.3. The zero-order valence-electron chi connectivity index (χ0n) is 13.7. The molecular formula is C18H23N3OS. The van der Waals surface area contributed by atoms with E-state index in [9.17, 15) is 4.79 Å². The number of piperidine rings is 1. The molecule has 4 nitrogen and oxygen atoms in total. The molecule has 0 aliphatic carbocycles. The molecule has 1 amide bonds. The molecule has 0 atom stereocenters. The van der Waals surface area contributed by atoms with Gasteiger partial charge in [-0.25, -0.2) is 4.98 Å². The third-order valence-corrected chi connectivity index (χ3v) is 5.51. The third kappa shape index (κ3) is 3.62. The highest BCUT2D eigenvalue weighted by atomic mass is 32.1. The summed E-state index contributed by atoms with van der Waals surface area (Å²) < 4.78 is 0. The number of thiazole rings is 1. The molecule has 2 aromatic rings. The van der Waals surface area contributed by atoms with Crippen molar-refractivity contribution in [3.8, 4) is 10.6 Å². The molecular weight excluding hydrogens is 306 g/mol. The summed E-state index contributed by atoms with van der Waals surface area (Å²) in [5.74, 6) is 0.0402. The number of hydrogen-bond acceptors (Lipinski definition) is 4. The fraction of sp³-hybridized carbons (Fsp3) is 0.444. The van der Waals surface area contributed by atoms with Crippen molar-refractivity contribution in [1.29, 1.82) is 0 Å². The summed E-state index contributed by atoms with van der Waals surface area (Å²) in [4.78, 5) is 21.6. The number of carbonyl (C=O) groups excluding carboxylic acids is 1. The van der Waals surface area contributed by atoms with E-state index in [4.69, 9.17) is 0 Å². The number of amides is 1. The molecule has 23 heavy (non-hydrogen) atoms. The van der Waals surface area contributed by atoms with Crippen molar-refractivity contribution >= 4 is 17.2 Å². The van der Waals surface area contributed by atoms with Crippen LogP contribution >= 0.6 is 11.3 Å². The van der Waals surface area contributed by atoms with Crippen LogP contribution in [0.25, 0.3) is 10.6 Å². The molecule has 0 radical (unpaired) electrons. The Hall–Kier alpha value is -1.72. The van der Waals surface area contributed by atoms with E-state index in [-0.39, 0.29) is 5.91 Å². The first kappa shape index (κ1) is 16.1. The van der Waals surface area contributed by atoms with Gasteiger partial charge in [-0.1, -0.05) is 37.3 Å². The Morgan fingerprint density at radius 3 is 2.65 bits per heavy atom. The topological polar surface area (TPSA) is 36.4 Å². The SMILES string of the molecule is CCN1CCC(N(C)C(=O)c2csc(-c3ccccc3)n2)CC1. The predicted octanol–water partition coefficient (Wildman–Crippen LogP) is 3.37. The van der Waals surface area contributed by atoms with Crippen LogP contribution in [0.15, 0.2) is 35.7 Å². The Morgan fingerprint density at radius 2 is 2.00 bits per heavy atom. The fourth-order valence-corrected chi connectivity index (χ4v) is 3.85. The summed E-state index contributed by atoms with van der Waals surface area (Å²) >= 11 is 1.53. The highest BCUT2D eigenvalue weighted by molar-refractivity contribution is 7.13. The maximum absolute atomic E-state index is 12.7. The van der Waals surface area contributed by atoms with Gasteiger partial charge in [0.05, 0.1) is 0 Å². The summed E-state index contributed by atoms with van der Waals surface area (Å²) in [5.41, 5.74) is 1.63. The predicted molar refractivity (Wildman–Crippen MR) is 94.8 cm³/mol. The summed E-state index contributed by atoms with van der Waals surface area (Å²) in [5, 5.41) is 2.78. The highest BCUT2D eigenvalue weighted by Crippen LogP contribution is 2.25. The molecule has 0 bridgehead atoms. The molecule has 0 unspecified atom stereocenters. The Bertz CT molecular complexity index is 647. The molecule has 1 aliphatic heterocycles. The van der Waals surface area contributed by atoms with Gasteiger partial charge in [-0.05, 0) is 19.4 Å². The second-order valence-corrected chi connectivity index (χ2v) is 6.84. The quantitative estimate of drug-likeness (QED) is 0.863. The van der Waals surface area contributed by atoms with Crippen molar-refractivity contribution in [2.75, 3.05) is 26.7 Å². The van der Waals surface area contributed by atoms with Gasteiger partial charge in [0.2, 0.25) is 0 Å². The minimum atomic E-state index is 0.0402. The number of hydrogen-bond donors (Lipinski definition) is 0. The van der Waals surface area contributed by atoms with Crippen molar-refractivity contribution in [3.05, 3.63) is 41.4 Å². The van der Waals surface area contributed by atoms with Crippen molar-refractivity contribution in [1.82, 2.24) is 14.8 Å². The largest absolute Gasteiger partial charge is 0.337 e. The number of likely N-dealkylation sites (tertiary alicyclic amines) is 1. The Labute approximate surface area is 141 Å². The Morgan fingerprint density at radius 1 is 1.30 bits per heavy atom. The van der Waals surface area contributed by atoms with Gasteiger partial charge < -0.3 is 9.80 Å². The maximum Gasteiger partial charge on any atom is 0.273 e. The molecule has 5 heteroatoms.